The van der Waals surface area contributed by atoms with Crippen LogP contribution in [0.25, 0.3) is 0 Å². The van der Waals surface area contributed by atoms with Crippen LogP contribution in [0.15, 0.2) is 48.5 Å². The number of carbonyl (C=O) groups is 1. The summed E-state index contributed by atoms with van der Waals surface area (Å²) in [4.78, 5) is 16.8. The van der Waals surface area contributed by atoms with E-state index < -0.39 is 0 Å². The number of methoxy groups -OCH3 is 1. The molecule has 1 aliphatic rings. The van der Waals surface area contributed by atoms with Crippen LogP contribution < -0.4 is 15.0 Å². The summed E-state index contributed by atoms with van der Waals surface area (Å²) in [6.07, 6.45) is 1.01. The van der Waals surface area contributed by atoms with Crippen LogP contribution in [-0.2, 0) is 11.2 Å². The summed E-state index contributed by atoms with van der Waals surface area (Å²) in [5, 5.41) is 2.99. The van der Waals surface area contributed by atoms with Gasteiger partial charge in [0, 0.05) is 37.6 Å². The highest BCUT2D eigenvalue weighted by atomic mass is 16.5. The van der Waals surface area contributed by atoms with Crippen molar-refractivity contribution in [1.82, 2.24) is 4.90 Å². The molecule has 26 heavy (non-hydrogen) atoms. The van der Waals surface area contributed by atoms with Gasteiger partial charge in [0.2, 0.25) is 5.91 Å². The highest BCUT2D eigenvalue weighted by Gasteiger charge is 2.19. The van der Waals surface area contributed by atoms with Crippen LogP contribution in [0.2, 0.25) is 0 Å². The van der Waals surface area contributed by atoms with Crippen LogP contribution in [0, 0.1) is 0 Å². The van der Waals surface area contributed by atoms with Gasteiger partial charge in [0.1, 0.15) is 5.75 Å². The Morgan fingerprint density at radius 2 is 1.65 bits per heavy atom. The second-order valence-electron chi connectivity index (χ2n) is 6.56. The second kappa shape index (κ2) is 8.72. The molecule has 1 saturated heterocycles. The first-order valence-electron chi connectivity index (χ1n) is 9.18. The van der Waals surface area contributed by atoms with E-state index in [0.717, 1.165) is 44.0 Å². The number of nitrogens with one attached hydrogen (secondary N) is 1. The predicted octanol–water partition coefficient (Wildman–Crippen LogP) is 3.02. The molecule has 1 heterocycles. The number of nitrogens with zero attached hydrogens (tertiary/aromatic N) is 2. The van der Waals surface area contributed by atoms with Crippen LogP contribution in [0.5, 0.6) is 5.75 Å². The molecule has 0 saturated carbocycles. The lowest BCUT2D eigenvalue weighted by Gasteiger charge is -2.35. The molecule has 2 aromatic rings. The molecule has 1 fully saturated rings. The maximum Gasteiger partial charge on any atom is 0.238 e. The maximum atomic E-state index is 12.3. The minimum absolute atomic E-state index is 0.0483. The zero-order valence-electron chi connectivity index (χ0n) is 15.6. The first-order valence-corrected chi connectivity index (χ1v) is 9.18. The number of anilines is 2. The highest BCUT2D eigenvalue weighted by Crippen LogP contribution is 2.20. The summed E-state index contributed by atoms with van der Waals surface area (Å²) in [6.45, 7) is 6.17. The molecule has 0 radical (unpaired) electrons. The number of hydrogen-bond acceptors (Lipinski definition) is 4. The van der Waals surface area contributed by atoms with Crippen LogP contribution in [-0.4, -0.2) is 50.6 Å². The Balaban J connectivity index is 1.46. The molecule has 138 valence electrons. The third-order valence-electron chi connectivity index (χ3n) is 4.82. The van der Waals surface area contributed by atoms with Gasteiger partial charge in [0.15, 0.2) is 0 Å². The monoisotopic (exact) mass is 353 g/mol. The molecule has 0 aromatic heterocycles. The Labute approximate surface area is 155 Å². The van der Waals surface area contributed by atoms with Crippen molar-refractivity contribution in [3.8, 4) is 5.75 Å². The Kier molecular flexibility index (Phi) is 6.12. The van der Waals surface area contributed by atoms with E-state index in [1.54, 1.807) is 7.11 Å². The van der Waals surface area contributed by atoms with Gasteiger partial charge in [0.25, 0.3) is 0 Å². The van der Waals surface area contributed by atoms with Crippen molar-refractivity contribution in [3.05, 3.63) is 54.1 Å². The normalized spacial score (nSPS) is 14.9. The molecule has 0 bridgehead atoms. The van der Waals surface area contributed by atoms with Crippen molar-refractivity contribution in [3.63, 3.8) is 0 Å². The first-order chi connectivity index (χ1) is 12.7. The predicted molar refractivity (Wildman–Crippen MR) is 106 cm³/mol. The number of carbonyl (C=O) groups excluding carboxylic acids is 1. The van der Waals surface area contributed by atoms with Crippen LogP contribution in [0.1, 0.15) is 12.5 Å². The van der Waals surface area contributed by atoms with Crippen molar-refractivity contribution >= 4 is 17.3 Å². The zero-order chi connectivity index (χ0) is 18.4. The quantitative estimate of drug-likeness (QED) is 0.867. The van der Waals surface area contributed by atoms with Crippen LogP contribution in [0.4, 0.5) is 11.4 Å². The highest BCUT2D eigenvalue weighted by molar-refractivity contribution is 5.92. The van der Waals surface area contributed by atoms with Crippen LogP contribution in [0.3, 0.4) is 0 Å². The number of amides is 1. The van der Waals surface area contributed by atoms with Gasteiger partial charge >= 0.3 is 0 Å². The number of piperazine rings is 1. The van der Waals surface area contributed by atoms with E-state index in [1.165, 1.54) is 11.3 Å². The molecule has 2 aromatic carbocycles. The zero-order valence-corrected chi connectivity index (χ0v) is 15.6. The SMILES string of the molecule is CCc1ccc(NC(=O)CN2CCN(c3ccc(OC)cc3)CC2)cc1. The molecule has 5 nitrogen and oxygen atoms in total. The van der Waals surface area contributed by atoms with Gasteiger partial charge in [-0.2, -0.15) is 0 Å². The average molecular weight is 353 g/mol. The summed E-state index contributed by atoms with van der Waals surface area (Å²) in [5.41, 5.74) is 3.34. The summed E-state index contributed by atoms with van der Waals surface area (Å²) in [7, 11) is 1.68. The summed E-state index contributed by atoms with van der Waals surface area (Å²) < 4.78 is 5.21. The Morgan fingerprint density at radius 3 is 2.23 bits per heavy atom. The van der Waals surface area contributed by atoms with E-state index in [4.69, 9.17) is 4.74 Å². The van der Waals surface area contributed by atoms with E-state index in [2.05, 4.69) is 46.3 Å². The standard InChI is InChI=1S/C21H27N3O2/c1-3-17-4-6-18(7-5-17)22-21(25)16-23-12-14-24(15-13-23)19-8-10-20(26-2)11-9-19/h4-11H,3,12-16H2,1-2H3,(H,22,25). The minimum Gasteiger partial charge on any atom is -0.497 e. The van der Waals surface area contributed by atoms with Gasteiger partial charge in [-0.05, 0) is 48.4 Å². The molecule has 1 N–H and O–H groups in total. The van der Waals surface area contributed by atoms with Crippen LogP contribution >= 0.6 is 0 Å². The smallest absolute Gasteiger partial charge is 0.238 e. The minimum atomic E-state index is 0.0483. The molecule has 3 rings (SSSR count). The van der Waals surface area contributed by atoms with E-state index in [-0.39, 0.29) is 5.91 Å². The van der Waals surface area contributed by atoms with Gasteiger partial charge in [-0.3, -0.25) is 9.69 Å². The summed E-state index contributed by atoms with van der Waals surface area (Å²) in [6, 6.07) is 16.2. The largest absolute Gasteiger partial charge is 0.497 e. The molecule has 0 spiro atoms. The van der Waals surface area contributed by atoms with E-state index in [0.29, 0.717) is 6.54 Å². The fraction of sp³-hybridized carbons (Fsp3) is 0.381. The molecule has 1 aliphatic heterocycles. The van der Waals surface area contributed by atoms with Gasteiger partial charge in [-0.15, -0.1) is 0 Å². The molecular formula is C21H27N3O2. The lowest BCUT2D eigenvalue weighted by molar-refractivity contribution is -0.117. The second-order valence-corrected chi connectivity index (χ2v) is 6.56. The third-order valence-corrected chi connectivity index (χ3v) is 4.82. The summed E-state index contributed by atoms with van der Waals surface area (Å²) in [5.74, 6) is 0.920. The lowest BCUT2D eigenvalue weighted by Crippen LogP contribution is -2.48. The number of rotatable bonds is 6. The van der Waals surface area contributed by atoms with E-state index in [1.807, 2.05) is 24.3 Å². The van der Waals surface area contributed by atoms with Crippen molar-refractivity contribution in [2.75, 3.05) is 50.1 Å². The van der Waals surface area contributed by atoms with Crippen molar-refractivity contribution < 1.29 is 9.53 Å². The number of hydrogen-bond donors (Lipinski definition) is 1. The Bertz CT molecular complexity index is 705. The fourth-order valence-corrected chi connectivity index (χ4v) is 3.18. The third kappa shape index (κ3) is 4.76. The maximum absolute atomic E-state index is 12.3. The lowest BCUT2D eigenvalue weighted by atomic mass is 10.1. The van der Waals surface area contributed by atoms with Gasteiger partial charge in [0.05, 0.1) is 13.7 Å². The average Bonchev–Trinajstić information content (AvgIpc) is 2.69. The Morgan fingerprint density at radius 1 is 1.00 bits per heavy atom. The van der Waals surface area contributed by atoms with E-state index >= 15 is 0 Å². The van der Waals surface area contributed by atoms with Crippen molar-refractivity contribution in [2.24, 2.45) is 0 Å². The molecule has 0 atom stereocenters. The molecular weight excluding hydrogens is 326 g/mol. The molecule has 0 aliphatic carbocycles. The van der Waals surface area contributed by atoms with Gasteiger partial charge < -0.3 is 15.0 Å². The van der Waals surface area contributed by atoms with E-state index in [9.17, 15) is 4.79 Å². The van der Waals surface area contributed by atoms with Crippen molar-refractivity contribution in [2.45, 2.75) is 13.3 Å². The molecule has 1 amide bonds. The fourth-order valence-electron chi connectivity index (χ4n) is 3.18. The number of aryl methyl sites for hydroxylation is 1. The topological polar surface area (TPSA) is 44.8 Å². The van der Waals surface area contributed by atoms with Crippen molar-refractivity contribution in [1.29, 1.82) is 0 Å². The van der Waals surface area contributed by atoms with Gasteiger partial charge in [-0.25, -0.2) is 0 Å². The number of ether oxygens (including phenoxy) is 1. The molecule has 5 heteroatoms. The number of benzene rings is 2. The molecule has 0 unspecified atom stereocenters. The summed E-state index contributed by atoms with van der Waals surface area (Å²) >= 11 is 0. The Hall–Kier alpha value is -2.53. The first kappa shape index (κ1) is 18.3. The van der Waals surface area contributed by atoms with Gasteiger partial charge in [-0.1, -0.05) is 19.1 Å².